The van der Waals surface area contributed by atoms with Gasteiger partial charge in [0.2, 0.25) is 5.91 Å². The van der Waals surface area contributed by atoms with Crippen LogP contribution in [0.25, 0.3) is 11.3 Å². The van der Waals surface area contributed by atoms with Gasteiger partial charge in [-0.05, 0) is 44.0 Å². The Kier molecular flexibility index (Phi) is 5.07. The van der Waals surface area contributed by atoms with Gasteiger partial charge in [-0.25, -0.2) is 0 Å². The summed E-state index contributed by atoms with van der Waals surface area (Å²) in [6.07, 6.45) is 2.12. The van der Waals surface area contributed by atoms with E-state index < -0.39 is 0 Å². The highest BCUT2D eigenvalue weighted by Crippen LogP contribution is 2.32. The number of nitriles is 1. The number of nitrogens with one attached hydrogen (secondary N) is 1. The number of carbonyl (C=O) groups is 2. The molecular weight excluding hydrogens is 370 g/mol. The van der Waals surface area contributed by atoms with Gasteiger partial charge >= 0.3 is 0 Å². The lowest BCUT2D eigenvalue weighted by Crippen LogP contribution is -2.45. The van der Waals surface area contributed by atoms with E-state index in [2.05, 4.69) is 16.5 Å². The largest absolute Gasteiger partial charge is 0.376 e. The number of hydrogen-bond acceptors (Lipinski definition) is 5. The molecule has 2 amide bonds. The van der Waals surface area contributed by atoms with E-state index in [9.17, 15) is 9.59 Å². The van der Waals surface area contributed by atoms with Crippen LogP contribution >= 0.6 is 0 Å². The van der Waals surface area contributed by atoms with Crippen molar-refractivity contribution in [3.63, 3.8) is 0 Å². The molecule has 8 heteroatoms. The molecule has 1 fully saturated rings. The van der Waals surface area contributed by atoms with Crippen molar-refractivity contribution in [1.82, 2.24) is 14.7 Å². The first kappa shape index (κ1) is 19.2. The SMILES string of the molecule is CC(=O)Nc1cc(C#N)ccc1-c1cc2n(n1)[C@@H](C)CN(CC1CCCO1)C2=O. The number of hydrogen-bond donors (Lipinski definition) is 1. The van der Waals surface area contributed by atoms with Gasteiger partial charge in [0, 0.05) is 32.2 Å². The zero-order chi connectivity index (χ0) is 20.5. The maximum Gasteiger partial charge on any atom is 0.272 e. The number of fused-ring (bicyclic) bond motifs is 1. The molecule has 3 heterocycles. The van der Waals surface area contributed by atoms with Crippen molar-refractivity contribution in [2.24, 2.45) is 0 Å². The lowest BCUT2D eigenvalue weighted by molar-refractivity contribution is -0.114. The summed E-state index contributed by atoms with van der Waals surface area (Å²) in [5.41, 5.74) is 2.73. The van der Waals surface area contributed by atoms with Crippen LogP contribution < -0.4 is 5.32 Å². The van der Waals surface area contributed by atoms with Gasteiger partial charge in [0.1, 0.15) is 5.69 Å². The topological polar surface area (TPSA) is 100 Å². The number of rotatable bonds is 4. The molecule has 2 aliphatic rings. The Hall–Kier alpha value is -3.18. The Bertz CT molecular complexity index is 1000. The van der Waals surface area contributed by atoms with E-state index in [-0.39, 0.29) is 24.0 Å². The zero-order valence-corrected chi connectivity index (χ0v) is 16.5. The standard InChI is InChI=1S/C21H23N5O3/c1-13-11-25(12-16-4-3-7-29-16)21(28)20-9-19(24-26(13)20)17-6-5-15(10-22)8-18(17)23-14(2)27/h5-6,8-9,13,16H,3-4,7,11-12H2,1-2H3,(H,23,27)/t13-,16?/m0/s1. The van der Waals surface area contributed by atoms with Crippen LogP contribution in [0.4, 0.5) is 5.69 Å². The lowest BCUT2D eigenvalue weighted by Gasteiger charge is -2.33. The van der Waals surface area contributed by atoms with E-state index in [1.165, 1.54) is 6.92 Å². The van der Waals surface area contributed by atoms with Gasteiger partial charge in [-0.3, -0.25) is 14.3 Å². The van der Waals surface area contributed by atoms with Crippen LogP contribution in [0.5, 0.6) is 0 Å². The first-order chi connectivity index (χ1) is 14.0. The summed E-state index contributed by atoms with van der Waals surface area (Å²) >= 11 is 0. The maximum atomic E-state index is 13.1. The third-order valence-corrected chi connectivity index (χ3v) is 5.33. The van der Waals surface area contributed by atoms with E-state index in [0.717, 1.165) is 19.4 Å². The Morgan fingerprint density at radius 3 is 2.93 bits per heavy atom. The van der Waals surface area contributed by atoms with Gasteiger partial charge in [-0.2, -0.15) is 10.4 Å². The summed E-state index contributed by atoms with van der Waals surface area (Å²) < 4.78 is 7.44. The number of anilines is 1. The quantitative estimate of drug-likeness (QED) is 0.860. The normalized spacial score (nSPS) is 21.0. The first-order valence-corrected chi connectivity index (χ1v) is 9.79. The van der Waals surface area contributed by atoms with Gasteiger partial charge < -0.3 is 15.0 Å². The van der Waals surface area contributed by atoms with Crippen LogP contribution in [0.3, 0.4) is 0 Å². The van der Waals surface area contributed by atoms with Crippen molar-refractivity contribution in [1.29, 1.82) is 5.26 Å². The monoisotopic (exact) mass is 393 g/mol. The lowest BCUT2D eigenvalue weighted by atomic mass is 10.1. The van der Waals surface area contributed by atoms with Gasteiger partial charge in [0.05, 0.1) is 35.2 Å². The second kappa shape index (κ2) is 7.68. The van der Waals surface area contributed by atoms with E-state index in [1.54, 1.807) is 28.9 Å². The fourth-order valence-corrected chi connectivity index (χ4v) is 3.98. The molecule has 0 bridgehead atoms. The molecule has 4 rings (SSSR count). The third kappa shape index (κ3) is 3.74. The molecule has 0 spiro atoms. The van der Waals surface area contributed by atoms with Crippen molar-refractivity contribution < 1.29 is 14.3 Å². The number of amides is 2. The van der Waals surface area contributed by atoms with Crippen molar-refractivity contribution >= 4 is 17.5 Å². The number of aromatic nitrogens is 2. The first-order valence-electron chi connectivity index (χ1n) is 9.79. The molecule has 1 N–H and O–H groups in total. The van der Waals surface area contributed by atoms with Crippen LogP contribution in [-0.4, -0.2) is 52.3 Å². The van der Waals surface area contributed by atoms with Gasteiger partial charge in [0.15, 0.2) is 0 Å². The molecule has 2 aliphatic heterocycles. The molecule has 0 saturated carbocycles. The smallest absolute Gasteiger partial charge is 0.272 e. The summed E-state index contributed by atoms with van der Waals surface area (Å²) in [5.74, 6) is -0.301. The minimum atomic E-state index is -0.238. The van der Waals surface area contributed by atoms with Crippen LogP contribution in [0.1, 0.15) is 48.8 Å². The number of benzene rings is 1. The second-order valence-corrected chi connectivity index (χ2v) is 7.61. The molecular formula is C21H23N5O3. The highest BCUT2D eigenvalue weighted by Gasteiger charge is 2.33. The molecule has 8 nitrogen and oxygen atoms in total. The molecule has 2 aromatic rings. The van der Waals surface area contributed by atoms with Crippen LogP contribution in [-0.2, 0) is 9.53 Å². The van der Waals surface area contributed by atoms with Gasteiger partial charge in [-0.15, -0.1) is 0 Å². The number of ether oxygens (including phenoxy) is 1. The van der Waals surface area contributed by atoms with Crippen molar-refractivity contribution in [2.45, 2.75) is 38.8 Å². The van der Waals surface area contributed by atoms with Crippen molar-refractivity contribution in [2.75, 3.05) is 25.0 Å². The molecule has 150 valence electrons. The van der Waals surface area contributed by atoms with Crippen LogP contribution in [0, 0.1) is 11.3 Å². The fourth-order valence-electron chi connectivity index (χ4n) is 3.98. The molecule has 1 saturated heterocycles. The Morgan fingerprint density at radius 1 is 1.41 bits per heavy atom. The summed E-state index contributed by atoms with van der Waals surface area (Å²) in [6, 6.07) is 8.90. The van der Waals surface area contributed by atoms with Crippen LogP contribution in [0.15, 0.2) is 24.3 Å². The van der Waals surface area contributed by atoms with Gasteiger partial charge in [0.25, 0.3) is 5.91 Å². The summed E-state index contributed by atoms with van der Waals surface area (Å²) in [7, 11) is 0. The molecule has 1 unspecified atom stereocenters. The minimum absolute atomic E-state index is 0.0282. The highest BCUT2D eigenvalue weighted by atomic mass is 16.5. The predicted octanol–water partition coefficient (Wildman–Crippen LogP) is 2.58. The highest BCUT2D eigenvalue weighted by molar-refractivity contribution is 5.97. The molecule has 2 atom stereocenters. The average molecular weight is 393 g/mol. The maximum absolute atomic E-state index is 13.1. The average Bonchev–Trinajstić information content (AvgIpc) is 3.35. The van der Waals surface area contributed by atoms with E-state index in [0.29, 0.717) is 41.3 Å². The van der Waals surface area contributed by atoms with Crippen molar-refractivity contribution in [3.8, 4) is 17.3 Å². The van der Waals surface area contributed by atoms with Crippen LogP contribution in [0.2, 0.25) is 0 Å². The summed E-state index contributed by atoms with van der Waals surface area (Å²) in [6.45, 7) is 5.38. The van der Waals surface area contributed by atoms with Crippen molar-refractivity contribution in [3.05, 3.63) is 35.5 Å². The molecule has 0 radical (unpaired) electrons. The fraction of sp³-hybridized carbons (Fsp3) is 0.429. The second-order valence-electron chi connectivity index (χ2n) is 7.61. The Labute approximate surface area is 169 Å². The zero-order valence-electron chi connectivity index (χ0n) is 16.5. The Balaban J connectivity index is 1.67. The molecule has 1 aromatic heterocycles. The van der Waals surface area contributed by atoms with E-state index >= 15 is 0 Å². The third-order valence-electron chi connectivity index (χ3n) is 5.33. The molecule has 29 heavy (non-hydrogen) atoms. The predicted molar refractivity (Wildman–Crippen MR) is 106 cm³/mol. The number of nitrogens with zero attached hydrogens (tertiary/aromatic N) is 4. The van der Waals surface area contributed by atoms with E-state index in [4.69, 9.17) is 10.00 Å². The Morgan fingerprint density at radius 2 is 2.24 bits per heavy atom. The summed E-state index contributed by atoms with van der Waals surface area (Å²) in [5, 5.41) is 16.6. The summed E-state index contributed by atoms with van der Waals surface area (Å²) in [4.78, 5) is 26.5. The van der Waals surface area contributed by atoms with E-state index in [1.807, 2.05) is 11.8 Å². The molecule has 0 aliphatic carbocycles. The molecule has 1 aromatic carbocycles. The minimum Gasteiger partial charge on any atom is -0.376 e. The number of carbonyl (C=O) groups excluding carboxylic acids is 2. The van der Waals surface area contributed by atoms with Gasteiger partial charge in [-0.1, -0.05) is 0 Å².